The van der Waals surface area contributed by atoms with Gasteiger partial charge >= 0.3 is 71.1 Å². The van der Waals surface area contributed by atoms with Gasteiger partial charge < -0.3 is 40.6 Å². The number of benzene rings is 6. The van der Waals surface area contributed by atoms with Gasteiger partial charge in [0, 0.05) is 22.5 Å². The van der Waals surface area contributed by atoms with Gasteiger partial charge in [-0.15, -0.1) is 0 Å². The van der Waals surface area contributed by atoms with Crippen LogP contribution in [0.2, 0.25) is 0 Å². The van der Waals surface area contributed by atoms with E-state index in [4.69, 9.17) is 10.2 Å². The van der Waals surface area contributed by atoms with Crippen LogP contribution in [0.15, 0.2) is 165 Å². The Hall–Kier alpha value is -6.06. The molecule has 0 fully saturated rings. The summed E-state index contributed by atoms with van der Waals surface area (Å²) in [5.41, 5.74) is 6.25. The fourth-order valence-corrected chi connectivity index (χ4v) is 11.9. The quantitative estimate of drug-likeness (QED) is 0.0630. The number of carboxylic acid groups (broad SMARTS) is 4. The molecule has 0 saturated heterocycles. The van der Waals surface area contributed by atoms with Gasteiger partial charge in [-0.3, -0.25) is 19.2 Å². The van der Waals surface area contributed by atoms with Crippen LogP contribution >= 0.6 is 0 Å². The number of carboxylic acids is 4. The van der Waals surface area contributed by atoms with Crippen molar-refractivity contribution in [1.29, 1.82) is 0 Å². The summed E-state index contributed by atoms with van der Waals surface area (Å²) in [4.78, 5) is 66.3. The van der Waals surface area contributed by atoms with Gasteiger partial charge in [-0.05, 0) is 169 Å². The molecular weight excluding hydrogens is 1230 g/mol. The average Bonchev–Trinajstić information content (AvgIpc) is 3.36. The maximum Gasteiger partial charge on any atom is 1.00 e. The molecule has 4 unspecified atom stereocenters. The summed E-state index contributed by atoms with van der Waals surface area (Å²) in [5, 5.41) is 43.3. The fraction of sp³-hybridized carbons (Fsp3) is 0.323. The number of aliphatic carboxylic acids is 4. The second kappa shape index (κ2) is 37.2. The molecule has 26 heteroatoms. The minimum Gasteiger partial charge on any atom is -0.549 e. The first-order chi connectivity index (χ1) is 40.2. The number of hydrogen-bond donors (Lipinski definition) is 4. The molecule has 4 atom stereocenters. The third kappa shape index (κ3) is 26.2. The van der Waals surface area contributed by atoms with Crippen LogP contribution in [0.1, 0.15) is 148 Å². The first-order valence-electron chi connectivity index (χ1n) is 27.2. The smallest absolute Gasteiger partial charge is 0.549 e. The second-order valence-electron chi connectivity index (χ2n) is 20.1. The van der Waals surface area contributed by atoms with E-state index in [1.54, 1.807) is 48.5 Å². The zero-order valence-corrected chi connectivity index (χ0v) is 58.1. The van der Waals surface area contributed by atoms with Crippen molar-refractivity contribution in [1.82, 2.24) is 0 Å². The molecule has 0 aromatic heterocycles. The Balaban J connectivity index is 0.000000594. The summed E-state index contributed by atoms with van der Waals surface area (Å²) >= 11 is 0. The van der Waals surface area contributed by atoms with Crippen molar-refractivity contribution in [2.75, 3.05) is 33.6 Å². The fourth-order valence-electron chi connectivity index (χ4n) is 7.74. The summed E-state index contributed by atoms with van der Waals surface area (Å²) in [7, 11) is -15.3. The van der Waals surface area contributed by atoms with Crippen LogP contribution in [0.5, 0.6) is 0 Å². The summed E-state index contributed by atoms with van der Waals surface area (Å²) in [6.07, 6.45) is 3.97. The third-order valence-electron chi connectivity index (χ3n) is 13.7. The van der Waals surface area contributed by atoms with E-state index in [1.807, 2.05) is 38.1 Å². The van der Waals surface area contributed by atoms with Gasteiger partial charge in [0.25, 0.3) is 11.8 Å². The Labute approximate surface area is 560 Å². The largest absolute Gasteiger partial charge is 1.00 e. The minimum atomic E-state index is -3.95. The van der Waals surface area contributed by atoms with Crippen LogP contribution < -0.4 is 80.0 Å². The summed E-state index contributed by atoms with van der Waals surface area (Å²) in [6, 6.07) is 38.2. The summed E-state index contributed by atoms with van der Waals surface area (Å²) in [6.45, 7) is 16.6. The van der Waals surface area contributed by atoms with Crippen molar-refractivity contribution < 1.29 is 142 Å². The van der Waals surface area contributed by atoms with Gasteiger partial charge in [-0.2, -0.15) is 0 Å². The van der Waals surface area contributed by atoms with E-state index in [2.05, 4.69) is 52.2 Å². The van der Waals surface area contributed by atoms with Gasteiger partial charge in [0.15, 0.2) is 50.9 Å². The molecule has 0 aliphatic heterocycles. The third-order valence-corrected chi connectivity index (χ3v) is 20.2. The number of hydrogen-bond acceptors (Lipinski definition) is 16. The van der Waals surface area contributed by atoms with Crippen LogP contribution in [-0.4, -0.2) is 103 Å². The Morgan fingerprint density at radius 2 is 0.545 bits per heavy atom. The van der Waals surface area contributed by atoms with E-state index < -0.39 is 86.2 Å². The SMILES string of the molecule is CCC(C)c1ccc(C(=O)Nc2ccc(S(=O)(=O)CC(=O)O)cc2)cc1.CCC(C)c1ccc(C(=O)Nc2ccc(S(=O)(=O)CC(=O)[O-])cc2)cc1.CCC(C)c1ccc(S(=O)(=O)CC(=O)O)cc1.CCC(C)c1ccc(S(=O)(=O)CC(=O)[O-])cc1.[Na+].[Na+]. The van der Waals surface area contributed by atoms with Crippen molar-refractivity contribution in [2.24, 2.45) is 0 Å². The van der Waals surface area contributed by atoms with Crippen molar-refractivity contribution in [3.05, 3.63) is 179 Å². The number of rotatable bonds is 24. The topological polar surface area (TPSA) is 350 Å². The number of sulfone groups is 4. The molecule has 6 aromatic carbocycles. The van der Waals surface area contributed by atoms with Gasteiger partial charge in [0.05, 0.1) is 43.0 Å². The van der Waals surface area contributed by atoms with E-state index in [1.165, 1.54) is 72.8 Å². The molecule has 6 rings (SSSR count). The Morgan fingerprint density at radius 1 is 0.352 bits per heavy atom. The van der Waals surface area contributed by atoms with Crippen LogP contribution in [0.3, 0.4) is 0 Å². The molecule has 464 valence electrons. The Morgan fingerprint density at radius 3 is 0.739 bits per heavy atom. The summed E-state index contributed by atoms with van der Waals surface area (Å²) < 4.78 is 93.7. The maximum absolute atomic E-state index is 12.3. The first-order valence-corrected chi connectivity index (χ1v) is 33.8. The molecule has 0 spiro atoms. The molecule has 0 aliphatic carbocycles. The van der Waals surface area contributed by atoms with Crippen LogP contribution in [-0.2, 0) is 58.5 Å². The van der Waals surface area contributed by atoms with Gasteiger partial charge in [0.1, 0.15) is 0 Å². The molecule has 0 bridgehead atoms. The van der Waals surface area contributed by atoms with Crippen molar-refractivity contribution >= 4 is 86.4 Å². The molecule has 6 aromatic rings. The predicted molar refractivity (Wildman–Crippen MR) is 323 cm³/mol. The van der Waals surface area contributed by atoms with Crippen molar-refractivity contribution in [2.45, 2.75) is 124 Å². The summed E-state index contributed by atoms with van der Waals surface area (Å²) in [5.74, 6) is -8.95. The number of nitrogens with one attached hydrogen (secondary N) is 2. The normalized spacial score (nSPS) is 12.5. The molecular formula is C62H72N2Na2O18S4. The van der Waals surface area contributed by atoms with Crippen molar-refractivity contribution in [3.8, 4) is 0 Å². The molecule has 2 amide bonds. The molecule has 88 heavy (non-hydrogen) atoms. The number of amides is 2. The maximum atomic E-state index is 12.3. The van der Waals surface area contributed by atoms with Crippen LogP contribution in [0, 0.1) is 0 Å². The van der Waals surface area contributed by atoms with Crippen LogP contribution in [0.25, 0.3) is 0 Å². The number of anilines is 2. The Bertz CT molecular complexity index is 3490. The monoisotopic (exact) mass is 1310 g/mol. The Kier molecular flexibility index (Phi) is 33.8. The van der Waals surface area contributed by atoms with E-state index in [9.17, 15) is 72.7 Å². The zero-order chi connectivity index (χ0) is 64.7. The molecule has 4 N–H and O–H groups in total. The molecule has 20 nitrogen and oxygen atoms in total. The minimum absolute atomic E-state index is 0. The van der Waals surface area contributed by atoms with E-state index >= 15 is 0 Å². The van der Waals surface area contributed by atoms with Gasteiger partial charge in [-0.25, -0.2) is 33.7 Å². The number of carbonyl (C=O) groups is 6. The van der Waals surface area contributed by atoms with E-state index in [0.29, 0.717) is 46.2 Å². The predicted octanol–water partition coefficient (Wildman–Crippen LogP) is 2.08. The van der Waals surface area contributed by atoms with Gasteiger partial charge in [0.2, 0.25) is 0 Å². The van der Waals surface area contributed by atoms with Crippen molar-refractivity contribution in [3.63, 3.8) is 0 Å². The second-order valence-corrected chi connectivity index (χ2v) is 28.1. The molecule has 0 heterocycles. The number of carbonyl (C=O) groups excluding carboxylic acids is 4. The van der Waals surface area contributed by atoms with E-state index in [-0.39, 0.29) is 90.5 Å². The average molecular weight is 1310 g/mol. The zero-order valence-electron chi connectivity index (χ0n) is 50.9. The van der Waals surface area contributed by atoms with Crippen LogP contribution in [0.4, 0.5) is 11.4 Å². The molecule has 0 aliphatic rings. The van der Waals surface area contributed by atoms with Gasteiger partial charge in [-0.1, -0.05) is 104 Å². The first kappa shape index (κ1) is 80.0. The standard InChI is InChI=1S/2C19H21NO5S.2C12H16O4S.2Na/c2*1-3-13(2)14-4-6-15(7-5-14)19(23)20-16-8-10-17(11-9-16)26(24,25)12-18(21)22;2*1-3-9(2)10-4-6-11(7-5-10)17(15,16)8-12(13)14;;/h2*4-11,13H,3,12H2,1-2H3,(H,20,23)(H,21,22);2*4-7,9H,3,8H2,1-2H3,(H,13,14);;/q;;;;2*+1/p-2. The van der Waals surface area contributed by atoms with E-state index in [0.717, 1.165) is 47.9 Å². The molecule has 0 saturated carbocycles. The molecule has 0 radical (unpaired) electrons.